The van der Waals surface area contributed by atoms with Crippen LogP contribution in [0.2, 0.25) is 0 Å². The van der Waals surface area contributed by atoms with Crippen LogP contribution in [0.5, 0.6) is 0 Å². The molecule has 1 unspecified atom stereocenters. The Kier molecular flexibility index (Phi) is 4.98. The quantitative estimate of drug-likeness (QED) is 0.804. The van der Waals surface area contributed by atoms with E-state index in [1.54, 1.807) is 0 Å². The van der Waals surface area contributed by atoms with E-state index in [-0.39, 0.29) is 5.91 Å². The van der Waals surface area contributed by atoms with Crippen LogP contribution in [0.1, 0.15) is 75.8 Å². The van der Waals surface area contributed by atoms with Crippen molar-refractivity contribution in [1.29, 1.82) is 0 Å². The first-order valence-electron chi connectivity index (χ1n) is 10.8. The molecule has 2 fully saturated rings. The van der Waals surface area contributed by atoms with Crippen molar-refractivity contribution in [3.05, 3.63) is 29.3 Å². The fourth-order valence-corrected chi connectivity index (χ4v) is 5.51. The van der Waals surface area contributed by atoms with Gasteiger partial charge in [0.2, 0.25) is 5.91 Å². The molecule has 1 amide bonds. The second-order valence-corrected chi connectivity index (χ2v) is 9.15. The molecule has 0 spiro atoms. The van der Waals surface area contributed by atoms with Gasteiger partial charge in [-0.25, -0.2) is 0 Å². The molecule has 0 bridgehead atoms. The third-order valence-corrected chi connectivity index (χ3v) is 7.23. The van der Waals surface area contributed by atoms with E-state index < -0.39 is 5.54 Å². The Balaban J connectivity index is 1.58. The average Bonchev–Trinajstić information content (AvgIpc) is 3.07. The minimum atomic E-state index is -0.433. The molecule has 0 aromatic heterocycles. The first kappa shape index (κ1) is 17.9. The van der Waals surface area contributed by atoms with Gasteiger partial charge in [-0.2, -0.15) is 0 Å². The van der Waals surface area contributed by atoms with Crippen LogP contribution in [0.15, 0.2) is 18.2 Å². The van der Waals surface area contributed by atoms with E-state index in [1.165, 1.54) is 61.8 Å². The predicted molar refractivity (Wildman–Crippen MR) is 107 cm³/mol. The number of aryl methyl sites for hydroxylation is 1. The summed E-state index contributed by atoms with van der Waals surface area (Å²) >= 11 is 0. The topological polar surface area (TPSA) is 41.1 Å². The number of nitrogens with one attached hydrogen (secondary N) is 2. The van der Waals surface area contributed by atoms with Gasteiger partial charge in [-0.15, -0.1) is 0 Å². The van der Waals surface area contributed by atoms with Crippen molar-refractivity contribution in [2.45, 2.75) is 89.6 Å². The zero-order valence-corrected chi connectivity index (χ0v) is 16.4. The first-order valence-corrected chi connectivity index (χ1v) is 10.8. The molecule has 3 heteroatoms. The molecule has 3 nitrogen and oxygen atoms in total. The monoisotopic (exact) mass is 354 g/mol. The van der Waals surface area contributed by atoms with Crippen LogP contribution in [0.3, 0.4) is 0 Å². The van der Waals surface area contributed by atoms with Gasteiger partial charge in [0.1, 0.15) is 5.54 Å². The zero-order valence-electron chi connectivity index (χ0n) is 16.4. The maximum absolute atomic E-state index is 13.6. The van der Waals surface area contributed by atoms with Crippen LogP contribution < -0.4 is 10.6 Å². The highest BCUT2D eigenvalue weighted by Crippen LogP contribution is 2.44. The summed E-state index contributed by atoms with van der Waals surface area (Å²) < 4.78 is 0. The summed E-state index contributed by atoms with van der Waals surface area (Å²) in [5.74, 6) is 1.53. The molecule has 142 valence electrons. The largest absolute Gasteiger partial charge is 0.370 e. The molecule has 2 N–H and O–H groups in total. The van der Waals surface area contributed by atoms with Gasteiger partial charge in [-0.3, -0.25) is 4.79 Å². The highest BCUT2D eigenvalue weighted by Gasteiger charge is 2.50. The van der Waals surface area contributed by atoms with Crippen molar-refractivity contribution in [2.75, 3.05) is 5.32 Å². The van der Waals surface area contributed by atoms with Crippen molar-refractivity contribution >= 4 is 11.6 Å². The lowest BCUT2D eigenvalue weighted by Gasteiger charge is -2.40. The Morgan fingerprint density at radius 1 is 1.08 bits per heavy atom. The second kappa shape index (κ2) is 7.25. The summed E-state index contributed by atoms with van der Waals surface area (Å²) in [4.78, 5) is 13.6. The molecular weight excluding hydrogens is 320 g/mol. The zero-order chi connectivity index (χ0) is 18.1. The van der Waals surface area contributed by atoms with Crippen molar-refractivity contribution in [3.63, 3.8) is 0 Å². The molecule has 1 atom stereocenters. The Bertz CT molecular complexity index is 656. The third-order valence-electron chi connectivity index (χ3n) is 7.23. The fourth-order valence-electron chi connectivity index (χ4n) is 5.51. The summed E-state index contributed by atoms with van der Waals surface area (Å²) in [5, 5.41) is 7.24. The number of carbonyl (C=O) groups is 1. The number of hydrogen-bond donors (Lipinski definition) is 2. The minimum Gasteiger partial charge on any atom is -0.370 e. The van der Waals surface area contributed by atoms with Crippen molar-refractivity contribution in [1.82, 2.24) is 5.32 Å². The Morgan fingerprint density at radius 3 is 2.50 bits per heavy atom. The number of amides is 1. The fraction of sp³-hybridized carbons (Fsp3) is 0.696. The maximum Gasteiger partial charge on any atom is 0.246 e. The van der Waals surface area contributed by atoms with Crippen LogP contribution in [0.25, 0.3) is 0 Å². The normalized spacial score (nSPS) is 31.9. The van der Waals surface area contributed by atoms with E-state index in [2.05, 4.69) is 42.7 Å². The molecule has 26 heavy (non-hydrogen) atoms. The molecule has 2 aliphatic carbocycles. The van der Waals surface area contributed by atoms with Gasteiger partial charge in [0, 0.05) is 18.2 Å². The Labute approximate surface area is 158 Å². The van der Waals surface area contributed by atoms with Gasteiger partial charge < -0.3 is 10.6 Å². The molecule has 1 aromatic carbocycles. The first-order chi connectivity index (χ1) is 12.6. The molecule has 3 aliphatic rings. The van der Waals surface area contributed by atoms with Crippen molar-refractivity contribution in [3.8, 4) is 0 Å². The summed E-state index contributed by atoms with van der Waals surface area (Å²) in [5.41, 5.74) is 3.37. The lowest BCUT2D eigenvalue weighted by molar-refractivity contribution is -0.128. The summed E-state index contributed by atoms with van der Waals surface area (Å²) in [6.45, 7) is 4.49. The number of hydrogen-bond acceptors (Lipinski definition) is 2. The third kappa shape index (κ3) is 3.25. The number of benzene rings is 1. The van der Waals surface area contributed by atoms with Gasteiger partial charge in [-0.05, 0) is 68.4 Å². The van der Waals surface area contributed by atoms with E-state index in [4.69, 9.17) is 0 Å². The smallest absolute Gasteiger partial charge is 0.246 e. The van der Waals surface area contributed by atoms with Crippen molar-refractivity contribution in [2.24, 2.45) is 11.8 Å². The lowest BCUT2D eigenvalue weighted by atomic mass is 9.72. The summed E-state index contributed by atoms with van der Waals surface area (Å²) in [7, 11) is 0. The molecule has 4 rings (SSSR count). The van der Waals surface area contributed by atoms with Crippen molar-refractivity contribution < 1.29 is 4.79 Å². The highest BCUT2D eigenvalue weighted by atomic mass is 16.2. The van der Waals surface area contributed by atoms with Gasteiger partial charge >= 0.3 is 0 Å². The van der Waals surface area contributed by atoms with Crippen LogP contribution in [0.4, 0.5) is 5.69 Å². The van der Waals surface area contributed by atoms with E-state index in [0.717, 1.165) is 25.2 Å². The lowest BCUT2D eigenvalue weighted by Crippen LogP contribution is -2.59. The number of para-hydroxylation sites is 1. The van der Waals surface area contributed by atoms with Crippen LogP contribution in [-0.2, 0) is 11.2 Å². The number of fused-ring (bicyclic) bond motifs is 1. The van der Waals surface area contributed by atoms with E-state index in [0.29, 0.717) is 12.0 Å². The van der Waals surface area contributed by atoms with Gasteiger partial charge in [-0.1, -0.05) is 44.4 Å². The van der Waals surface area contributed by atoms with Gasteiger partial charge in [0.05, 0.1) is 0 Å². The number of carbonyl (C=O) groups excluding carboxylic acids is 1. The predicted octanol–water partition coefficient (Wildman–Crippen LogP) is 4.98. The van der Waals surface area contributed by atoms with Crippen LogP contribution in [0, 0.1) is 18.8 Å². The Morgan fingerprint density at radius 2 is 1.81 bits per heavy atom. The number of anilines is 1. The SMILES string of the molecule is Cc1cccc2c1NC(C(=O)N[C@H]1CC[C@H](C)CC1)(C1CCCCC1)C2. The minimum absolute atomic E-state index is 0.263. The standard InChI is InChI=1S/C23H34N2O/c1-16-11-13-20(14-12-16)24-22(26)23(19-9-4-3-5-10-19)15-18-8-6-7-17(2)21(18)25-23/h6-8,16,19-20,25H,3-5,9-15H2,1-2H3,(H,24,26)/t16-,20-,23?. The Hall–Kier alpha value is -1.51. The maximum atomic E-state index is 13.6. The van der Waals surface area contributed by atoms with Gasteiger partial charge in [0.15, 0.2) is 0 Å². The van der Waals surface area contributed by atoms with Gasteiger partial charge in [0.25, 0.3) is 0 Å². The molecular formula is C23H34N2O. The van der Waals surface area contributed by atoms with E-state index in [1.807, 2.05) is 0 Å². The molecule has 0 saturated heterocycles. The molecule has 2 saturated carbocycles. The molecule has 1 aliphatic heterocycles. The highest BCUT2D eigenvalue weighted by molar-refractivity contribution is 5.93. The molecule has 0 radical (unpaired) electrons. The van der Waals surface area contributed by atoms with Crippen LogP contribution in [-0.4, -0.2) is 17.5 Å². The second-order valence-electron chi connectivity index (χ2n) is 9.15. The molecule has 1 aromatic rings. The summed E-state index contributed by atoms with van der Waals surface area (Å²) in [6.07, 6.45) is 11.8. The summed E-state index contributed by atoms with van der Waals surface area (Å²) in [6, 6.07) is 6.86. The number of rotatable bonds is 3. The molecule has 1 heterocycles. The average molecular weight is 355 g/mol. The van der Waals surface area contributed by atoms with E-state index in [9.17, 15) is 4.79 Å². The van der Waals surface area contributed by atoms with E-state index >= 15 is 0 Å². The van der Waals surface area contributed by atoms with Crippen LogP contribution >= 0.6 is 0 Å².